The van der Waals surface area contributed by atoms with Crippen molar-refractivity contribution in [3.05, 3.63) is 93.7 Å². The predicted molar refractivity (Wildman–Crippen MR) is 157 cm³/mol. The molecule has 0 aliphatic heterocycles. The number of methoxy groups -OCH3 is 2. The van der Waals surface area contributed by atoms with Crippen LogP contribution in [0.15, 0.2) is 71.9 Å². The maximum atomic E-state index is 12.4. The first-order chi connectivity index (χ1) is 19.0. The second kappa shape index (κ2) is 14.3. The van der Waals surface area contributed by atoms with Crippen LogP contribution in [-0.4, -0.2) is 47.2 Å². The lowest BCUT2D eigenvalue weighted by atomic mass is 10.1. The second-order valence-corrected chi connectivity index (χ2v) is 10.6. The molecule has 3 aromatic carbocycles. The van der Waals surface area contributed by atoms with E-state index in [0.717, 1.165) is 27.8 Å². The molecule has 0 bridgehead atoms. The molecule has 0 radical (unpaired) electrons. The van der Waals surface area contributed by atoms with Gasteiger partial charge in [-0.2, -0.15) is 0 Å². The van der Waals surface area contributed by atoms with Crippen LogP contribution in [0.25, 0.3) is 5.69 Å². The molecule has 204 valence electrons. The summed E-state index contributed by atoms with van der Waals surface area (Å²) in [6.45, 7) is 0.552. The highest BCUT2D eigenvalue weighted by Gasteiger charge is 2.16. The summed E-state index contributed by atoms with van der Waals surface area (Å²) >= 11 is 14.0. The van der Waals surface area contributed by atoms with Crippen LogP contribution in [0.3, 0.4) is 0 Å². The lowest BCUT2D eigenvalue weighted by molar-refractivity contribution is -0.121. The number of aromatic nitrogens is 3. The summed E-state index contributed by atoms with van der Waals surface area (Å²) in [5.41, 5.74) is 3.04. The number of rotatable bonds is 13. The average molecular weight is 586 g/mol. The number of hydrogen-bond donors (Lipinski definition) is 1. The molecule has 0 saturated carbocycles. The molecule has 4 aromatic rings. The van der Waals surface area contributed by atoms with E-state index in [1.807, 2.05) is 53.1 Å². The highest BCUT2D eigenvalue weighted by molar-refractivity contribution is 7.99. The van der Waals surface area contributed by atoms with E-state index in [-0.39, 0.29) is 5.91 Å². The Labute approximate surface area is 242 Å². The minimum atomic E-state index is 0.0202. The fourth-order valence-electron chi connectivity index (χ4n) is 4.04. The van der Waals surface area contributed by atoms with Gasteiger partial charge in [0.25, 0.3) is 0 Å². The zero-order valence-corrected chi connectivity index (χ0v) is 24.2. The summed E-state index contributed by atoms with van der Waals surface area (Å²) in [4.78, 5) is 12.4. The van der Waals surface area contributed by atoms with Gasteiger partial charge < -0.3 is 14.8 Å². The van der Waals surface area contributed by atoms with Crippen molar-refractivity contribution in [1.82, 2.24) is 20.1 Å². The van der Waals surface area contributed by atoms with Gasteiger partial charge in [-0.15, -0.1) is 10.2 Å². The molecule has 0 unspecified atom stereocenters. The number of carbonyl (C=O) groups is 1. The second-order valence-electron chi connectivity index (χ2n) is 8.74. The number of halogens is 2. The van der Waals surface area contributed by atoms with Crippen LogP contribution in [0, 0.1) is 0 Å². The normalized spacial score (nSPS) is 10.9. The Hall–Kier alpha value is -3.20. The van der Waals surface area contributed by atoms with Gasteiger partial charge >= 0.3 is 0 Å². The minimum absolute atomic E-state index is 0.0202. The van der Waals surface area contributed by atoms with Crippen LogP contribution in [-0.2, 0) is 17.6 Å². The molecule has 39 heavy (non-hydrogen) atoms. The van der Waals surface area contributed by atoms with Crippen molar-refractivity contribution >= 4 is 40.9 Å². The summed E-state index contributed by atoms with van der Waals surface area (Å²) in [5, 5.41) is 13.6. The molecule has 0 aliphatic rings. The number of nitrogens with one attached hydrogen (secondary N) is 1. The van der Waals surface area contributed by atoms with E-state index < -0.39 is 0 Å². The van der Waals surface area contributed by atoms with Gasteiger partial charge in [0.15, 0.2) is 16.7 Å². The van der Waals surface area contributed by atoms with E-state index in [4.69, 9.17) is 32.7 Å². The standard InChI is InChI=1S/C29H30Cl2N4O3S/c1-37-25-13-10-21(17-26(25)38-2)14-15-32-28(36)9-6-16-39-29-34-33-27(18-20-7-4-3-5-8-20)35(29)22-11-12-23(30)24(31)19-22/h3-5,7-8,10-13,17,19H,6,9,14-16,18H2,1-2H3,(H,32,36). The Kier molecular flexibility index (Phi) is 10.5. The zero-order chi connectivity index (χ0) is 27.6. The fraction of sp³-hybridized carbons (Fsp3) is 0.276. The van der Waals surface area contributed by atoms with E-state index in [1.54, 1.807) is 32.0 Å². The van der Waals surface area contributed by atoms with E-state index in [0.29, 0.717) is 59.5 Å². The molecule has 4 rings (SSSR count). The summed E-state index contributed by atoms with van der Waals surface area (Å²) in [7, 11) is 3.22. The number of benzene rings is 3. The van der Waals surface area contributed by atoms with E-state index in [1.165, 1.54) is 0 Å². The van der Waals surface area contributed by atoms with Gasteiger partial charge in [0, 0.05) is 25.1 Å². The van der Waals surface area contributed by atoms with Crippen LogP contribution < -0.4 is 14.8 Å². The Morgan fingerprint density at radius 1 is 0.923 bits per heavy atom. The molecule has 1 aromatic heterocycles. The predicted octanol–water partition coefficient (Wildman–Crippen LogP) is 6.41. The number of ether oxygens (including phenoxy) is 2. The summed E-state index contributed by atoms with van der Waals surface area (Å²) in [6, 6.07) is 21.4. The summed E-state index contributed by atoms with van der Waals surface area (Å²) in [6.07, 6.45) is 2.46. The van der Waals surface area contributed by atoms with Gasteiger partial charge in [-0.3, -0.25) is 9.36 Å². The molecular formula is C29H30Cl2N4O3S. The highest BCUT2D eigenvalue weighted by atomic mass is 35.5. The maximum Gasteiger partial charge on any atom is 0.220 e. The smallest absolute Gasteiger partial charge is 0.220 e. The van der Waals surface area contributed by atoms with Gasteiger partial charge in [0.1, 0.15) is 5.82 Å². The molecular weight excluding hydrogens is 555 g/mol. The quantitative estimate of drug-likeness (QED) is 0.144. The molecule has 1 amide bonds. The van der Waals surface area contributed by atoms with Crippen molar-refractivity contribution < 1.29 is 14.3 Å². The molecule has 1 heterocycles. The monoisotopic (exact) mass is 584 g/mol. The first-order valence-corrected chi connectivity index (χ1v) is 14.3. The number of nitrogens with zero attached hydrogens (tertiary/aromatic N) is 3. The van der Waals surface area contributed by atoms with Gasteiger partial charge in [-0.05, 0) is 54.3 Å². The summed E-state index contributed by atoms with van der Waals surface area (Å²) in [5.74, 6) is 2.90. The Bertz CT molecular complexity index is 1400. The molecule has 0 fully saturated rings. The zero-order valence-electron chi connectivity index (χ0n) is 21.8. The van der Waals surface area contributed by atoms with Crippen LogP contribution >= 0.6 is 35.0 Å². The first kappa shape index (κ1) is 28.8. The molecule has 0 saturated heterocycles. The Morgan fingerprint density at radius 2 is 1.72 bits per heavy atom. The third-order valence-corrected chi connectivity index (χ3v) is 7.78. The highest BCUT2D eigenvalue weighted by Crippen LogP contribution is 2.30. The third-order valence-electron chi connectivity index (χ3n) is 6.03. The van der Waals surface area contributed by atoms with E-state index in [2.05, 4.69) is 27.6 Å². The van der Waals surface area contributed by atoms with Gasteiger partial charge in [-0.1, -0.05) is 71.4 Å². The number of hydrogen-bond acceptors (Lipinski definition) is 6. The average Bonchev–Trinajstić information content (AvgIpc) is 3.35. The van der Waals surface area contributed by atoms with E-state index >= 15 is 0 Å². The molecule has 0 aliphatic carbocycles. The lowest BCUT2D eigenvalue weighted by Crippen LogP contribution is -2.25. The molecule has 1 N–H and O–H groups in total. The topological polar surface area (TPSA) is 78.3 Å². The van der Waals surface area contributed by atoms with Crippen molar-refractivity contribution in [3.8, 4) is 17.2 Å². The fourth-order valence-corrected chi connectivity index (χ4v) is 5.24. The summed E-state index contributed by atoms with van der Waals surface area (Å²) < 4.78 is 12.6. The van der Waals surface area contributed by atoms with Crippen LogP contribution in [0.2, 0.25) is 10.0 Å². The van der Waals surface area contributed by atoms with Gasteiger partial charge in [0.05, 0.1) is 30.0 Å². The maximum absolute atomic E-state index is 12.4. The molecule has 7 nitrogen and oxygen atoms in total. The molecule has 0 spiro atoms. The van der Waals surface area contributed by atoms with Crippen molar-refractivity contribution in [2.45, 2.75) is 30.8 Å². The van der Waals surface area contributed by atoms with Crippen LogP contribution in [0.4, 0.5) is 0 Å². The van der Waals surface area contributed by atoms with Crippen molar-refractivity contribution in [2.75, 3.05) is 26.5 Å². The van der Waals surface area contributed by atoms with Crippen LogP contribution in [0.5, 0.6) is 11.5 Å². The SMILES string of the molecule is COc1ccc(CCNC(=O)CCCSc2nnc(Cc3ccccc3)n2-c2ccc(Cl)c(Cl)c2)cc1OC. The van der Waals surface area contributed by atoms with Crippen LogP contribution in [0.1, 0.15) is 29.8 Å². The van der Waals surface area contributed by atoms with Gasteiger partial charge in [0.2, 0.25) is 5.91 Å². The first-order valence-electron chi connectivity index (χ1n) is 12.5. The third kappa shape index (κ3) is 7.91. The van der Waals surface area contributed by atoms with E-state index in [9.17, 15) is 4.79 Å². The number of amides is 1. The minimum Gasteiger partial charge on any atom is -0.493 e. The number of carbonyl (C=O) groups excluding carboxylic acids is 1. The molecule has 0 atom stereocenters. The largest absolute Gasteiger partial charge is 0.493 e. The Balaban J connectivity index is 1.32. The van der Waals surface area contributed by atoms with Crippen molar-refractivity contribution in [3.63, 3.8) is 0 Å². The van der Waals surface area contributed by atoms with Gasteiger partial charge in [-0.25, -0.2) is 0 Å². The van der Waals surface area contributed by atoms with Crippen molar-refractivity contribution in [1.29, 1.82) is 0 Å². The Morgan fingerprint density at radius 3 is 2.46 bits per heavy atom. The van der Waals surface area contributed by atoms with Crippen molar-refractivity contribution in [2.24, 2.45) is 0 Å². The lowest BCUT2D eigenvalue weighted by Gasteiger charge is -2.12. The molecule has 10 heteroatoms. The number of thioether (sulfide) groups is 1.